The third-order valence-electron chi connectivity index (χ3n) is 6.26. The lowest BCUT2D eigenvalue weighted by Crippen LogP contribution is -2.49. The van der Waals surface area contributed by atoms with E-state index in [1.807, 2.05) is 6.07 Å². The lowest BCUT2D eigenvalue weighted by molar-refractivity contribution is 0.384. The third kappa shape index (κ3) is 5.18. The van der Waals surface area contributed by atoms with Crippen molar-refractivity contribution >= 4 is 15.7 Å². The fourth-order valence-electron chi connectivity index (χ4n) is 4.44. The SMILES string of the molecule is O=c1c(-c2ccncc2F)c(N2CCN(S(=O)(=O)Cc3ccccc3)CC2)cnn1-c1cc(F)cc(F)c1. The zero-order valence-corrected chi connectivity index (χ0v) is 20.8. The van der Waals surface area contributed by atoms with Gasteiger partial charge >= 0.3 is 0 Å². The van der Waals surface area contributed by atoms with Gasteiger partial charge in [0.2, 0.25) is 10.0 Å². The maximum atomic E-state index is 14.8. The van der Waals surface area contributed by atoms with Crippen LogP contribution >= 0.6 is 0 Å². The van der Waals surface area contributed by atoms with Gasteiger partial charge < -0.3 is 4.90 Å². The average Bonchev–Trinajstić information content (AvgIpc) is 2.89. The number of hydrogen-bond acceptors (Lipinski definition) is 6. The Balaban J connectivity index is 1.49. The minimum Gasteiger partial charge on any atom is -0.367 e. The maximum absolute atomic E-state index is 14.8. The molecule has 0 spiro atoms. The Morgan fingerprint density at radius 2 is 1.55 bits per heavy atom. The number of pyridine rings is 1. The third-order valence-corrected chi connectivity index (χ3v) is 8.11. The predicted octanol–water partition coefficient (Wildman–Crippen LogP) is 3.36. The summed E-state index contributed by atoms with van der Waals surface area (Å²) in [4.78, 5) is 19.0. The van der Waals surface area contributed by atoms with E-state index in [2.05, 4.69) is 10.1 Å². The number of rotatable bonds is 6. The van der Waals surface area contributed by atoms with Gasteiger partial charge in [0.1, 0.15) is 17.5 Å². The highest BCUT2D eigenvalue weighted by molar-refractivity contribution is 7.88. The zero-order valence-electron chi connectivity index (χ0n) is 20.0. The molecule has 2 aromatic carbocycles. The van der Waals surface area contributed by atoms with Crippen LogP contribution in [0.2, 0.25) is 0 Å². The van der Waals surface area contributed by atoms with Crippen LogP contribution in [0.25, 0.3) is 16.8 Å². The molecule has 38 heavy (non-hydrogen) atoms. The highest BCUT2D eigenvalue weighted by Crippen LogP contribution is 2.30. The van der Waals surface area contributed by atoms with Crippen molar-refractivity contribution in [1.82, 2.24) is 19.1 Å². The Morgan fingerprint density at radius 3 is 2.21 bits per heavy atom. The van der Waals surface area contributed by atoms with Crippen LogP contribution in [0.3, 0.4) is 0 Å². The molecule has 4 aromatic rings. The quantitative estimate of drug-likeness (QED) is 0.372. The molecule has 1 aliphatic rings. The van der Waals surface area contributed by atoms with Gasteiger partial charge in [0.25, 0.3) is 5.56 Å². The van der Waals surface area contributed by atoms with Gasteiger partial charge in [0, 0.05) is 44.0 Å². The second kappa shape index (κ2) is 10.4. The first-order chi connectivity index (χ1) is 18.2. The Morgan fingerprint density at radius 1 is 0.868 bits per heavy atom. The van der Waals surface area contributed by atoms with Gasteiger partial charge in [-0.15, -0.1) is 0 Å². The molecule has 0 bridgehead atoms. The van der Waals surface area contributed by atoms with Crippen LogP contribution in [0.5, 0.6) is 0 Å². The van der Waals surface area contributed by atoms with Gasteiger partial charge in [0.05, 0.1) is 35.1 Å². The van der Waals surface area contributed by atoms with E-state index in [0.717, 1.165) is 23.0 Å². The van der Waals surface area contributed by atoms with Crippen molar-refractivity contribution in [2.75, 3.05) is 31.1 Å². The molecule has 12 heteroatoms. The van der Waals surface area contributed by atoms with Gasteiger partial charge in [-0.1, -0.05) is 30.3 Å². The standard InChI is InChI=1S/C26H22F3N5O3S/c27-19-12-20(28)14-21(13-19)34-26(35)25(22-6-7-30-15-23(22)29)24(16-31-34)32-8-10-33(11-9-32)38(36,37)17-18-4-2-1-3-5-18/h1-7,12-16H,8-11,17H2. The first kappa shape index (κ1) is 25.6. The predicted molar refractivity (Wildman–Crippen MR) is 136 cm³/mol. The van der Waals surface area contributed by atoms with Crippen molar-refractivity contribution in [3.8, 4) is 16.8 Å². The van der Waals surface area contributed by atoms with Crippen molar-refractivity contribution in [1.29, 1.82) is 0 Å². The molecule has 0 atom stereocenters. The molecule has 1 saturated heterocycles. The zero-order chi connectivity index (χ0) is 26.9. The molecule has 0 N–H and O–H groups in total. The monoisotopic (exact) mass is 541 g/mol. The van der Waals surface area contributed by atoms with Gasteiger partial charge in [-0.3, -0.25) is 9.78 Å². The number of aromatic nitrogens is 3. The molecule has 0 amide bonds. The summed E-state index contributed by atoms with van der Waals surface area (Å²) in [5.41, 5.74) is -0.152. The van der Waals surface area contributed by atoms with Crippen LogP contribution < -0.4 is 10.5 Å². The summed E-state index contributed by atoms with van der Waals surface area (Å²) in [6.45, 7) is 0.720. The van der Waals surface area contributed by atoms with Gasteiger partial charge in [-0.25, -0.2) is 21.6 Å². The molecule has 8 nitrogen and oxygen atoms in total. The molecule has 0 unspecified atom stereocenters. The lowest BCUT2D eigenvalue weighted by Gasteiger charge is -2.36. The van der Waals surface area contributed by atoms with E-state index < -0.39 is 33.0 Å². The van der Waals surface area contributed by atoms with E-state index in [4.69, 9.17) is 0 Å². The van der Waals surface area contributed by atoms with E-state index in [1.165, 1.54) is 22.8 Å². The normalized spacial score (nSPS) is 14.6. The van der Waals surface area contributed by atoms with Crippen molar-refractivity contribution < 1.29 is 21.6 Å². The van der Waals surface area contributed by atoms with Crippen LogP contribution in [0.15, 0.2) is 78.0 Å². The first-order valence-electron chi connectivity index (χ1n) is 11.7. The van der Waals surface area contributed by atoms with Crippen LogP contribution in [0, 0.1) is 17.5 Å². The van der Waals surface area contributed by atoms with E-state index in [9.17, 15) is 26.4 Å². The highest BCUT2D eigenvalue weighted by atomic mass is 32.2. The van der Waals surface area contributed by atoms with Gasteiger partial charge in [-0.05, 0) is 23.8 Å². The summed E-state index contributed by atoms with van der Waals surface area (Å²) < 4.78 is 70.7. The van der Waals surface area contributed by atoms with Crippen molar-refractivity contribution in [3.05, 3.63) is 107 Å². The van der Waals surface area contributed by atoms with Gasteiger partial charge in [0.15, 0.2) is 0 Å². The molecule has 1 aliphatic heterocycles. The Kier molecular flexibility index (Phi) is 7.00. The van der Waals surface area contributed by atoms with Crippen molar-refractivity contribution in [2.45, 2.75) is 5.75 Å². The number of sulfonamides is 1. The largest absolute Gasteiger partial charge is 0.367 e. The van der Waals surface area contributed by atoms with E-state index in [0.29, 0.717) is 11.6 Å². The second-order valence-electron chi connectivity index (χ2n) is 8.73. The summed E-state index contributed by atoms with van der Waals surface area (Å²) in [5, 5.41) is 4.10. The van der Waals surface area contributed by atoms with E-state index in [-0.39, 0.29) is 54.4 Å². The van der Waals surface area contributed by atoms with Crippen molar-refractivity contribution in [2.24, 2.45) is 0 Å². The van der Waals surface area contributed by atoms with Gasteiger partial charge in [-0.2, -0.15) is 14.1 Å². The van der Waals surface area contributed by atoms with E-state index in [1.54, 1.807) is 29.2 Å². The highest BCUT2D eigenvalue weighted by Gasteiger charge is 2.30. The van der Waals surface area contributed by atoms with Crippen LogP contribution in [-0.4, -0.2) is 53.7 Å². The molecule has 2 aromatic heterocycles. The molecule has 0 saturated carbocycles. The molecular weight excluding hydrogens is 519 g/mol. The average molecular weight is 542 g/mol. The maximum Gasteiger partial charge on any atom is 0.281 e. The lowest BCUT2D eigenvalue weighted by atomic mass is 10.1. The summed E-state index contributed by atoms with van der Waals surface area (Å²) in [7, 11) is -3.58. The minimum atomic E-state index is -3.58. The molecule has 0 aliphatic carbocycles. The minimum absolute atomic E-state index is 0.0628. The Hall–Kier alpha value is -4.03. The first-order valence-corrected chi connectivity index (χ1v) is 13.3. The number of hydrogen-bond donors (Lipinski definition) is 0. The summed E-state index contributed by atoms with van der Waals surface area (Å²) in [5.74, 6) is -2.70. The molecule has 3 heterocycles. The molecule has 196 valence electrons. The molecule has 5 rings (SSSR count). The number of anilines is 1. The number of halogens is 3. The number of piperazine rings is 1. The molecule has 0 radical (unpaired) electrons. The van der Waals surface area contributed by atoms with Crippen LogP contribution in [0.4, 0.5) is 18.9 Å². The Labute approximate surface area is 216 Å². The fourth-order valence-corrected chi connectivity index (χ4v) is 5.96. The topological polar surface area (TPSA) is 88.4 Å². The van der Waals surface area contributed by atoms with Crippen molar-refractivity contribution in [3.63, 3.8) is 0 Å². The van der Waals surface area contributed by atoms with E-state index >= 15 is 0 Å². The number of benzene rings is 2. The number of nitrogens with zero attached hydrogens (tertiary/aromatic N) is 5. The van der Waals surface area contributed by atoms with Crippen LogP contribution in [-0.2, 0) is 15.8 Å². The summed E-state index contributed by atoms with van der Waals surface area (Å²) >= 11 is 0. The summed E-state index contributed by atoms with van der Waals surface area (Å²) in [6, 6.07) is 12.7. The smallest absolute Gasteiger partial charge is 0.281 e. The summed E-state index contributed by atoms with van der Waals surface area (Å²) in [6.07, 6.45) is 3.59. The fraction of sp³-hybridized carbons (Fsp3) is 0.192. The Bertz CT molecular complexity index is 1620. The van der Waals surface area contributed by atoms with Crippen LogP contribution in [0.1, 0.15) is 5.56 Å². The molecule has 1 fully saturated rings. The molecular formula is C26H22F3N5O3S. The second-order valence-corrected chi connectivity index (χ2v) is 10.7.